The van der Waals surface area contributed by atoms with Crippen LogP contribution in [0.1, 0.15) is 113 Å². The van der Waals surface area contributed by atoms with Crippen LogP contribution in [0.25, 0.3) is 44.9 Å². The molecule has 2 aromatic heterocycles. The predicted molar refractivity (Wildman–Crippen MR) is 219 cm³/mol. The summed E-state index contributed by atoms with van der Waals surface area (Å²) >= 11 is 0. The fourth-order valence-corrected chi connectivity index (χ4v) is 6.63. The van der Waals surface area contributed by atoms with Crippen molar-refractivity contribution in [3.63, 3.8) is 0 Å². The summed E-state index contributed by atoms with van der Waals surface area (Å²) in [5.74, 6) is 0.275. The van der Waals surface area contributed by atoms with Crippen LogP contribution in [0.15, 0.2) is 97.1 Å². The van der Waals surface area contributed by atoms with Gasteiger partial charge in [0.05, 0.1) is 5.69 Å². The van der Waals surface area contributed by atoms with Gasteiger partial charge in [-0.05, 0) is 94.6 Å². The van der Waals surface area contributed by atoms with Crippen molar-refractivity contribution in [2.75, 3.05) is 0 Å². The molecule has 276 valence electrons. The molecule has 4 heteroatoms. The zero-order valence-electron chi connectivity index (χ0n) is 37.5. The van der Waals surface area contributed by atoms with Gasteiger partial charge in [-0.25, -0.2) is 0 Å². The molecule has 2 heterocycles. The number of nitrogens with zero attached hydrogens (tertiary/aromatic N) is 2. The second kappa shape index (κ2) is 15.6. The summed E-state index contributed by atoms with van der Waals surface area (Å²) in [5, 5.41) is 11.9. The molecular formula is C49H53N2OPt-. The minimum Gasteiger partial charge on any atom is -0.507 e. The summed E-state index contributed by atoms with van der Waals surface area (Å²) in [6.07, 6.45) is -2.07. The summed E-state index contributed by atoms with van der Waals surface area (Å²) in [7, 11) is 0. The SMILES string of the molecule is [2H]C([2H])([2H])c1cc(-c2[c-]c(-c3cc(-c4c(C)cccc4C)cc(-c4cc(C(C)(C)C)cc(C(C)C)c4O)n3)cc(C(C)(C)C)c2)nc(C([2H])([2H])c2ccccc2)c1.[Pt]. The summed E-state index contributed by atoms with van der Waals surface area (Å²) in [6.45, 7) is 18.7. The third kappa shape index (κ3) is 8.90. The maximum atomic E-state index is 11.9. The van der Waals surface area contributed by atoms with E-state index in [1.165, 1.54) is 12.1 Å². The number of benzene rings is 4. The fourth-order valence-electron chi connectivity index (χ4n) is 6.63. The van der Waals surface area contributed by atoms with Gasteiger partial charge in [-0.1, -0.05) is 139 Å². The number of phenols is 1. The van der Waals surface area contributed by atoms with Crippen LogP contribution in [0.5, 0.6) is 5.75 Å². The number of aromatic hydroxyl groups is 1. The minimum absolute atomic E-state index is 0. The molecule has 0 amide bonds. The molecule has 0 atom stereocenters. The molecule has 0 bridgehead atoms. The van der Waals surface area contributed by atoms with Crippen molar-refractivity contribution in [3.8, 4) is 50.6 Å². The predicted octanol–water partition coefficient (Wildman–Crippen LogP) is 12.9. The van der Waals surface area contributed by atoms with Crippen LogP contribution >= 0.6 is 0 Å². The second-order valence-corrected chi connectivity index (χ2v) is 16.3. The number of rotatable bonds is 7. The quantitative estimate of drug-likeness (QED) is 0.163. The van der Waals surface area contributed by atoms with E-state index >= 15 is 0 Å². The van der Waals surface area contributed by atoms with E-state index in [1.54, 1.807) is 24.3 Å². The Morgan fingerprint density at radius 3 is 1.89 bits per heavy atom. The minimum atomic E-state index is -2.52. The van der Waals surface area contributed by atoms with Gasteiger partial charge < -0.3 is 5.11 Å². The summed E-state index contributed by atoms with van der Waals surface area (Å²) < 4.78 is 43.3. The van der Waals surface area contributed by atoms with Gasteiger partial charge in [0.1, 0.15) is 5.75 Å². The molecule has 0 spiro atoms. The Morgan fingerprint density at radius 1 is 0.717 bits per heavy atom. The molecule has 4 aromatic carbocycles. The van der Waals surface area contributed by atoms with Crippen molar-refractivity contribution in [2.24, 2.45) is 0 Å². The van der Waals surface area contributed by atoms with Crippen molar-refractivity contribution in [1.29, 1.82) is 0 Å². The molecular weight excluding hydrogens is 828 g/mol. The molecule has 6 aromatic rings. The Hall–Kier alpha value is -4.33. The van der Waals surface area contributed by atoms with Crippen LogP contribution in [0.2, 0.25) is 0 Å². The molecule has 1 N–H and O–H groups in total. The number of hydrogen-bond donors (Lipinski definition) is 1. The molecule has 0 saturated heterocycles. The molecule has 0 radical (unpaired) electrons. The van der Waals surface area contributed by atoms with Gasteiger partial charge in [0.2, 0.25) is 0 Å². The van der Waals surface area contributed by atoms with E-state index in [9.17, 15) is 5.11 Å². The first-order valence-corrected chi connectivity index (χ1v) is 18.1. The topological polar surface area (TPSA) is 46.0 Å². The van der Waals surface area contributed by atoms with Crippen molar-refractivity contribution in [2.45, 2.75) is 99.2 Å². The van der Waals surface area contributed by atoms with Crippen molar-refractivity contribution < 1.29 is 33.0 Å². The Bertz CT molecular complexity index is 2440. The molecule has 0 saturated carbocycles. The zero-order chi connectivity index (χ0) is 41.8. The largest absolute Gasteiger partial charge is 0.507 e. The summed E-state index contributed by atoms with van der Waals surface area (Å²) in [6, 6.07) is 33.6. The van der Waals surface area contributed by atoms with Crippen LogP contribution in [0.3, 0.4) is 0 Å². The molecule has 3 nitrogen and oxygen atoms in total. The van der Waals surface area contributed by atoms with E-state index in [1.807, 2.05) is 18.2 Å². The molecule has 0 unspecified atom stereocenters. The van der Waals surface area contributed by atoms with Crippen LogP contribution in [-0.4, -0.2) is 15.1 Å². The summed E-state index contributed by atoms with van der Waals surface area (Å²) in [4.78, 5) is 10.1. The number of pyridine rings is 2. The van der Waals surface area contributed by atoms with Crippen LogP contribution in [0, 0.1) is 26.8 Å². The van der Waals surface area contributed by atoms with Gasteiger partial charge in [-0.2, -0.15) is 0 Å². The molecule has 0 aliphatic carbocycles. The smallest absolute Gasteiger partial charge is 0.128 e. The maximum Gasteiger partial charge on any atom is 0.128 e. The molecule has 0 aliphatic rings. The number of aromatic nitrogens is 2. The second-order valence-electron chi connectivity index (χ2n) is 16.3. The van der Waals surface area contributed by atoms with Gasteiger partial charge in [0.25, 0.3) is 0 Å². The molecule has 6 rings (SSSR count). The average Bonchev–Trinajstić information content (AvgIpc) is 3.13. The number of aryl methyl sites for hydroxylation is 3. The third-order valence-corrected chi connectivity index (χ3v) is 9.66. The Labute approximate surface area is 339 Å². The first kappa shape index (κ1) is 33.3. The normalized spacial score (nSPS) is 13.8. The third-order valence-electron chi connectivity index (χ3n) is 9.66. The van der Waals surface area contributed by atoms with E-state index in [0.29, 0.717) is 39.3 Å². The monoisotopic (exact) mass is 885 g/mol. The van der Waals surface area contributed by atoms with Crippen molar-refractivity contribution >= 4 is 0 Å². The molecule has 0 fully saturated rings. The molecule has 53 heavy (non-hydrogen) atoms. The maximum absolute atomic E-state index is 11.9. The Morgan fingerprint density at radius 2 is 1.30 bits per heavy atom. The van der Waals surface area contributed by atoms with Crippen LogP contribution < -0.4 is 0 Å². The zero-order valence-corrected chi connectivity index (χ0v) is 34.7. The van der Waals surface area contributed by atoms with Gasteiger partial charge in [-0.3, -0.25) is 9.97 Å². The van der Waals surface area contributed by atoms with E-state index in [-0.39, 0.29) is 54.8 Å². The van der Waals surface area contributed by atoms with Gasteiger partial charge in [-0.15, -0.1) is 23.8 Å². The first-order valence-electron chi connectivity index (χ1n) is 20.6. The van der Waals surface area contributed by atoms with Crippen LogP contribution in [0.4, 0.5) is 0 Å². The van der Waals surface area contributed by atoms with Crippen molar-refractivity contribution in [1.82, 2.24) is 9.97 Å². The van der Waals surface area contributed by atoms with E-state index in [4.69, 9.17) is 16.8 Å². The van der Waals surface area contributed by atoms with Gasteiger partial charge >= 0.3 is 0 Å². The standard InChI is InChI=1S/C49H53N2O.Pt/c1-30(2)41-28-39(49(9,10)11)29-42(47(41)52)45-27-37(46-32(4)16-15-17-33(46)5)26-44(51-45)36-23-35(24-38(25-36)48(6,7)8)43-21-31(3)20-40(50-43)22-34-18-13-12-14-19-34;/h12-21,24-30,52H,22H2,1-11H3;/q-1;/i3D3,22D2;. The Balaban J connectivity index is 0.00000641. The Kier molecular flexibility index (Phi) is 9.77. The summed E-state index contributed by atoms with van der Waals surface area (Å²) in [5.41, 5.74) is 10.3. The van der Waals surface area contributed by atoms with Gasteiger partial charge in [0, 0.05) is 56.9 Å². The average molecular weight is 886 g/mol. The van der Waals surface area contributed by atoms with E-state index in [2.05, 4.69) is 118 Å². The molecule has 0 aliphatic heterocycles. The van der Waals surface area contributed by atoms with Crippen molar-refractivity contribution in [3.05, 3.63) is 148 Å². The first-order chi connectivity index (χ1) is 26.4. The number of phenolic OH excluding ortho intramolecular Hbond substituents is 1. The van der Waals surface area contributed by atoms with Gasteiger partial charge in [0.15, 0.2) is 0 Å². The van der Waals surface area contributed by atoms with E-state index < -0.39 is 13.2 Å². The van der Waals surface area contributed by atoms with Crippen LogP contribution in [-0.2, 0) is 38.3 Å². The fraction of sp³-hybridized carbons (Fsp3) is 0.306. The van der Waals surface area contributed by atoms with E-state index in [0.717, 1.165) is 38.9 Å². The number of hydrogen-bond acceptors (Lipinski definition) is 3.